The zero-order chi connectivity index (χ0) is 14.5. The summed E-state index contributed by atoms with van der Waals surface area (Å²) in [4.78, 5) is 3.28. The highest BCUT2D eigenvalue weighted by atomic mass is 14.9. The zero-order valence-corrected chi connectivity index (χ0v) is 12.5. The van der Waals surface area contributed by atoms with Gasteiger partial charge >= 0.3 is 0 Å². The molecule has 0 saturated heterocycles. The van der Waals surface area contributed by atoms with Gasteiger partial charge in [-0.3, -0.25) is 0 Å². The third kappa shape index (κ3) is 3.34. The lowest BCUT2D eigenvalue weighted by Crippen LogP contribution is -2.20. The Bertz CT molecular complexity index is 685. The lowest BCUT2D eigenvalue weighted by molar-refractivity contribution is 0.493. The van der Waals surface area contributed by atoms with Gasteiger partial charge in [0.05, 0.1) is 0 Å². The lowest BCUT2D eigenvalue weighted by Gasteiger charge is -2.18. The molecule has 2 nitrogen and oxygen atoms in total. The molecule has 3 rings (SSSR count). The second-order valence-electron chi connectivity index (χ2n) is 5.53. The Kier molecular flexibility index (Phi) is 4.37. The molecule has 21 heavy (non-hydrogen) atoms. The second kappa shape index (κ2) is 6.59. The van der Waals surface area contributed by atoms with E-state index in [2.05, 4.69) is 71.8 Å². The fourth-order valence-corrected chi connectivity index (χ4v) is 2.81. The Hall–Kier alpha value is -2.06. The molecule has 2 heteroatoms. The number of fused-ring (bicyclic) bond motifs is 1. The van der Waals surface area contributed by atoms with Crippen molar-refractivity contribution in [3.8, 4) is 0 Å². The Morgan fingerprint density at radius 3 is 2.71 bits per heavy atom. The monoisotopic (exact) mass is 278 g/mol. The largest absolute Gasteiger partial charge is 0.361 e. The molecule has 1 heterocycles. The van der Waals surface area contributed by atoms with Gasteiger partial charge in [-0.15, -0.1) is 0 Å². The number of aromatic amines is 1. The topological polar surface area (TPSA) is 27.8 Å². The third-order valence-electron chi connectivity index (χ3n) is 3.95. The molecule has 0 aliphatic heterocycles. The first-order valence-electron chi connectivity index (χ1n) is 7.71. The molecule has 0 saturated carbocycles. The highest BCUT2D eigenvalue weighted by Crippen LogP contribution is 2.20. The number of hydrogen-bond donors (Lipinski definition) is 2. The van der Waals surface area contributed by atoms with E-state index < -0.39 is 0 Å². The van der Waals surface area contributed by atoms with Gasteiger partial charge in [0.15, 0.2) is 0 Å². The van der Waals surface area contributed by atoms with E-state index in [1.54, 1.807) is 0 Å². The van der Waals surface area contributed by atoms with E-state index in [1.807, 2.05) is 6.20 Å². The van der Waals surface area contributed by atoms with Gasteiger partial charge in [0, 0.05) is 24.3 Å². The van der Waals surface area contributed by atoms with Gasteiger partial charge in [0.2, 0.25) is 0 Å². The quantitative estimate of drug-likeness (QED) is 0.666. The molecule has 0 aliphatic rings. The van der Waals surface area contributed by atoms with Crippen LogP contribution in [-0.2, 0) is 6.54 Å². The van der Waals surface area contributed by atoms with Crippen molar-refractivity contribution >= 4 is 10.9 Å². The number of H-pyrrole nitrogens is 1. The van der Waals surface area contributed by atoms with E-state index in [0.29, 0.717) is 6.04 Å². The molecule has 1 atom stereocenters. The van der Waals surface area contributed by atoms with Crippen LogP contribution in [0.5, 0.6) is 0 Å². The predicted octanol–water partition coefficient (Wildman–Crippen LogP) is 4.80. The Morgan fingerprint density at radius 1 is 1.05 bits per heavy atom. The van der Waals surface area contributed by atoms with Crippen LogP contribution in [0.2, 0.25) is 0 Å². The van der Waals surface area contributed by atoms with E-state index in [-0.39, 0.29) is 0 Å². The van der Waals surface area contributed by atoms with Crippen LogP contribution in [-0.4, -0.2) is 4.98 Å². The number of nitrogens with one attached hydrogen (secondary N) is 2. The van der Waals surface area contributed by atoms with Crippen molar-refractivity contribution in [2.24, 2.45) is 0 Å². The lowest BCUT2D eigenvalue weighted by atomic mass is 10.0. The third-order valence-corrected chi connectivity index (χ3v) is 3.95. The fraction of sp³-hybridized carbons (Fsp3) is 0.263. The molecule has 0 spiro atoms. The molecule has 0 aliphatic carbocycles. The van der Waals surface area contributed by atoms with Crippen LogP contribution in [0.15, 0.2) is 60.8 Å². The number of hydrogen-bond acceptors (Lipinski definition) is 1. The molecule has 0 radical (unpaired) electrons. The van der Waals surface area contributed by atoms with Gasteiger partial charge in [-0.25, -0.2) is 0 Å². The Labute approximate surface area is 126 Å². The van der Waals surface area contributed by atoms with Crippen molar-refractivity contribution < 1.29 is 0 Å². The minimum Gasteiger partial charge on any atom is -0.361 e. The van der Waals surface area contributed by atoms with E-state index in [4.69, 9.17) is 0 Å². The molecule has 2 aromatic carbocycles. The first-order valence-corrected chi connectivity index (χ1v) is 7.71. The van der Waals surface area contributed by atoms with Crippen molar-refractivity contribution in [3.05, 3.63) is 71.9 Å². The van der Waals surface area contributed by atoms with Crippen molar-refractivity contribution in [1.82, 2.24) is 10.3 Å². The van der Waals surface area contributed by atoms with Crippen LogP contribution in [0.4, 0.5) is 0 Å². The van der Waals surface area contributed by atoms with Crippen LogP contribution < -0.4 is 5.32 Å². The summed E-state index contributed by atoms with van der Waals surface area (Å²) in [6.07, 6.45) is 4.34. The summed E-state index contributed by atoms with van der Waals surface area (Å²) >= 11 is 0. The maximum absolute atomic E-state index is 3.70. The Morgan fingerprint density at radius 2 is 1.90 bits per heavy atom. The average molecular weight is 278 g/mol. The second-order valence-corrected chi connectivity index (χ2v) is 5.53. The normalized spacial score (nSPS) is 12.6. The molecule has 0 bridgehead atoms. The van der Waals surface area contributed by atoms with E-state index in [1.165, 1.54) is 28.5 Å². The minimum atomic E-state index is 0.426. The smallest absolute Gasteiger partial charge is 0.0457 e. The van der Waals surface area contributed by atoms with Gasteiger partial charge in [0.25, 0.3) is 0 Å². The minimum absolute atomic E-state index is 0.426. The summed E-state index contributed by atoms with van der Waals surface area (Å²) in [7, 11) is 0. The fourth-order valence-electron chi connectivity index (χ4n) is 2.81. The molecule has 2 N–H and O–H groups in total. The molecule has 3 aromatic rings. The van der Waals surface area contributed by atoms with E-state index in [0.717, 1.165) is 13.0 Å². The van der Waals surface area contributed by atoms with Crippen LogP contribution in [0.3, 0.4) is 0 Å². The molecule has 1 unspecified atom stereocenters. The number of benzene rings is 2. The number of rotatable bonds is 6. The maximum Gasteiger partial charge on any atom is 0.0457 e. The highest BCUT2D eigenvalue weighted by Gasteiger charge is 2.09. The SMILES string of the molecule is CCCC(NCc1ccc2cc[nH]c2c1)c1ccccc1. The standard InChI is InChI=1S/C19H22N2/c1-2-6-18(16-7-4-3-5-8-16)21-14-15-9-10-17-11-12-20-19(17)13-15/h3-5,7-13,18,20-21H,2,6,14H2,1H3. The average Bonchev–Trinajstić information content (AvgIpc) is 3.00. The molecule has 0 amide bonds. The zero-order valence-electron chi connectivity index (χ0n) is 12.5. The summed E-state index contributed by atoms with van der Waals surface area (Å²) in [6.45, 7) is 3.14. The molecule has 108 valence electrons. The van der Waals surface area contributed by atoms with Crippen molar-refractivity contribution in [2.45, 2.75) is 32.4 Å². The first-order chi connectivity index (χ1) is 10.4. The van der Waals surface area contributed by atoms with Crippen LogP contribution >= 0.6 is 0 Å². The van der Waals surface area contributed by atoms with Crippen LogP contribution in [0.25, 0.3) is 10.9 Å². The van der Waals surface area contributed by atoms with Crippen molar-refractivity contribution in [3.63, 3.8) is 0 Å². The summed E-state index contributed by atoms with van der Waals surface area (Å²) < 4.78 is 0. The van der Waals surface area contributed by atoms with Gasteiger partial charge < -0.3 is 10.3 Å². The Balaban J connectivity index is 1.71. The van der Waals surface area contributed by atoms with E-state index in [9.17, 15) is 0 Å². The first kappa shape index (κ1) is 13.9. The van der Waals surface area contributed by atoms with E-state index >= 15 is 0 Å². The highest BCUT2D eigenvalue weighted by molar-refractivity contribution is 5.79. The number of aromatic nitrogens is 1. The molecule has 0 fully saturated rings. The molecular formula is C19H22N2. The molecular weight excluding hydrogens is 256 g/mol. The van der Waals surface area contributed by atoms with Crippen LogP contribution in [0.1, 0.15) is 36.9 Å². The van der Waals surface area contributed by atoms with Crippen LogP contribution in [0, 0.1) is 0 Å². The van der Waals surface area contributed by atoms with Gasteiger partial charge in [-0.2, -0.15) is 0 Å². The maximum atomic E-state index is 3.70. The summed E-state index contributed by atoms with van der Waals surface area (Å²) in [5, 5.41) is 4.97. The summed E-state index contributed by atoms with van der Waals surface area (Å²) in [5.74, 6) is 0. The molecule has 1 aromatic heterocycles. The summed E-state index contributed by atoms with van der Waals surface area (Å²) in [5.41, 5.74) is 3.91. The van der Waals surface area contributed by atoms with Gasteiger partial charge in [0.1, 0.15) is 0 Å². The van der Waals surface area contributed by atoms with Crippen molar-refractivity contribution in [1.29, 1.82) is 0 Å². The summed E-state index contributed by atoms with van der Waals surface area (Å²) in [6, 6.07) is 19.9. The predicted molar refractivity (Wildman–Crippen MR) is 89.2 cm³/mol. The van der Waals surface area contributed by atoms with Gasteiger partial charge in [-0.05, 0) is 35.1 Å². The van der Waals surface area contributed by atoms with Gasteiger partial charge in [-0.1, -0.05) is 55.8 Å². The van der Waals surface area contributed by atoms with Crippen molar-refractivity contribution in [2.75, 3.05) is 0 Å².